The van der Waals surface area contributed by atoms with Crippen LogP contribution in [-0.2, 0) is 20.7 Å². The molecule has 0 aromatic heterocycles. The quantitative estimate of drug-likeness (QED) is 0.347. The van der Waals surface area contributed by atoms with Gasteiger partial charge in [0.1, 0.15) is 11.5 Å². The van der Waals surface area contributed by atoms with E-state index in [9.17, 15) is 9.59 Å². The van der Waals surface area contributed by atoms with Crippen LogP contribution in [0.5, 0.6) is 11.5 Å². The van der Waals surface area contributed by atoms with Gasteiger partial charge < -0.3 is 23.8 Å². The van der Waals surface area contributed by atoms with Gasteiger partial charge >= 0.3 is 5.97 Å². The lowest BCUT2D eigenvalue weighted by Gasteiger charge is -2.24. The van der Waals surface area contributed by atoms with Crippen LogP contribution < -0.4 is 9.47 Å². The first kappa shape index (κ1) is 25.2. The first-order valence-corrected chi connectivity index (χ1v) is 10.7. The van der Waals surface area contributed by atoms with Crippen molar-refractivity contribution in [3.63, 3.8) is 0 Å². The molecule has 7 heteroatoms. The lowest BCUT2D eigenvalue weighted by molar-refractivity contribution is -0.141. The molecule has 7 nitrogen and oxygen atoms in total. The maximum Gasteiger partial charge on any atom is 0.307 e. The molecule has 0 bridgehead atoms. The van der Waals surface area contributed by atoms with E-state index in [4.69, 9.17) is 14.2 Å². The molecule has 0 N–H and O–H groups in total. The average molecular weight is 444 g/mol. The summed E-state index contributed by atoms with van der Waals surface area (Å²) in [6.45, 7) is 3.46. The van der Waals surface area contributed by atoms with Crippen molar-refractivity contribution in [2.45, 2.75) is 26.2 Å². The molecule has 0 fully saturated rings. The minimum atomic E-state index is -0.320. The maximum atomic E-state index is 13.3. The van der Waals surface area contributed by atoms with Crippen molar-refractivity contribution in [1.82, 2.24) is 4.90 Å². The number of amides is 1. The fourth-order valence-corrected chi connectivity index (χ4v) is 3.36. The Bertz CT molecular complexity index is 843. The second kappa shape index (κ2) is 13.4. The third-order valence-electron chi connectivity index (χ3n) is 5.21. The standard InChI is InChI=1S/C25H33NO6/c1-19-22(29-2)17-21(18-23(19)30-3)25(28)26(14-16-32-15-12-24(27)31-4)13-8-11-20-9-6-5-7-10-20/h5-7,9-10,17-18H,8,11-16H2,1-4H3. The molecule has 0 radical (unpaired) electrons. The molecule has 0 spiro atoms. The molecule has 2 rings (SSSR count). The van der Waals surface area contributed by atoms with Crippen LogP contribution in [0.3, 0.4) is 0 Å². The van der Waals surface area contributed by atoms with Gasteiger partial charge in [0, 0.05) is 24.2 Å². The highest BCUT2D eigenvalue weighted by molar-refractivity contribution is 5.95. The van der Waals surface area contributed by atoms with E-state index in [-0.39, 0.29) is 24.9 Å². The zero-order chi connectivity index (χ0) is 23.3. The Kier molecular flexibility index (Phi) is 10.5. The van der Waals surface area contributed by atoms with E-state index in [1.807, 2.05) is 25.1 Å². The Hall–Kier alpha value is -3.06. The average Bonchev–Trinajstić information content (AvgIpc) is 2.82. The molecule has 32 heavy (non-hydrogen) atoms. The summed E-state index contributed by atoms with van der Waals surface area (Å²) in [6, 6.07) is 13.7. The van der Waals surface area contributed by atoms with Crippen molar-refractivity contribution in [3.05, 3.63) is 59.2 Å². The zero-order valence-corrected chi connectivity index (χ0v) is 19.4. The highest BCUT2D eigenvalue weighted by Gasteiger charge is 2.19. The van der Waals surface area contributed by atoms with Gasteiger partial charge in [-0.3, -0.25) is 9.59 Å². The predicted octanol–water partition coefficient (Wildman–Crippen LogP) is 3.67. The minimum Gasteiger partial charge on any atom is -0.496 e. The summed E-state index contributed by atoms with van der Waals surface area (Å²) in [5.74, 6) is 0.767. The molecule has 174 valence electrons. The van der Waals surface area contributed by atoms with Crippen LogP contribution in [-0.4, -0.2) is 64.4 Å². The van der Waals surface area contributed by atoms with E-state index >= 15 is 0 Å². The fourth-order valence-electron chi connectivity index (χ4n) is 3.36. The van der Waals surface area contributed by atoms with E-state index in [1.54, 1.807) is 31.3 Å². The maximum absolute atomic E-state index is 13.3. The molecule has 0 atom stereocenters. The zero-order valence-electron chi connectivity index (χ0n) is 19.4. The van der Waals surface area contributed by atoms with Crippen LogP contribution in [0.25, 0.3) is 0 Å². The van der Waals surface area contributed by atoms with Gasteiger partial charge in [0.15, 0.2) is 0 Å². The Morgan fingerprint density at radius 3 is 2.16 bits per heavy atom. The van der Waals surface area contributed by atoms with E-state index < -0.39 is 0 Å². The number of rotatable bonds is 13. The van der Waals surface area contributed by atoms with E-state index in [2.05, 4.69) is 16.9 Å². The van der Waals surface area contributed by atoms with Crippen molar-refractivity contribution >= 4 is 11.9 Å². The van der Waals surface area contributed by atoms with E-state index in [0.717, 1.165) is 18.4 Å². The normalized spacial score (nSPS) is 10.5. The number of hydrogen-bond acceptors (Lipinski definition) is 6. The monoisotopic (exact) mass is 443 g/mol. The van der Waals surface area contributed by atoms with Crippen LogP contribution >= 0.6 is 0 Å². The SMILES string of the molecule is COC(=O)CCOCCN(CCCc1ccccc1)C(=O)c1cc(OC)c(C)c(OC)c1. The number of benzene rings is 2. The Labute approximate surface area is 190 Å². The Balaban J connectivity index is 2.07. The predicted molar refractivity (Wildman–Crippen MR) is 122 cm³/mol. The van der Waals surface area contributed by atoms with Gasteiger partial charge in [0.05, 0.1) is 41.0 Å². The lowest BCUT2D eigenvalue weighted by Crippen LogP contribution is -2.35. The van der Waals surface area contributed by atoms with Crippen molar-refractivity contribution in [1.29, 1.82) is 0 Å². The Morgan fingerprint density at radius 1 is 0.906 bits per heavy atom. The van der Waals surface area contributed by atoms with Gasteiger partial charge in [-0.1, -0.05) is 30.3 Å². The van der Waals surface area contributed by atoms with Gasteiger partial charge in [-0.2, -0.15) is 0 Å². The number of methoxy groups -OCH3 is 3. The summed E-state index contributed by atoms with van der Waals surface area (Å²) in [5.41, 5.74) is 2.57. The minimum absolute atomic E-state index is 0.119. The second-order valence-corrected chi connectivity index (χ2v) is 7.33. The summed E-state index contributed by atoms with van der Waals surface area (Å²) >= 11 is 0. The molecule has 1 amide bonds. The number of nitrogens with zero attached hydrogens (tertiary/aromatic N) is 1. The largest absolute Gasteiger partial charge is 0.496 e. The third kappa shape index (κ3) is 7.57. The molecule has 2 aromatic carbocycles. The summed E-state index contributed by atoms with van der Waals surface area (Å²) < 4.78 is 21.0. The molecule has 0 aliphatic rings. The first-order valence-electron chi connectivity index (χ1n) is 10.7. The Morgan fingerprint density at radius 2 is 1.56 bits per heavy atom. The number of carbonyl (C=O) groups is 2. The molecule has 2 aromatic rings. The second-order valence-electron chi connectivity index (χ2n) is 7.33. The van der Waals surface area contributed by atoms with Crippen molar-refractivity contribution < 1.29 is 28.5 Å². The first-order chi connectivity index (χ1) is 15.5. The number of aryl methyl sites for hydroxylation is 1. The van der Waals surface area contributed by atoms with Crippen molar-refractivity contribution in [3.8, 4) is 11.5 Å². The topological polar surface area (TPSA) is 74.3 Å². The third-order valence-corrected chi connectivity index (χ3v) is 5.21. The molecule has 0 saturated heterocycles. The number of esters is 1. The van der Waals surface area contributed by atoms with Crippen LogP contribution in [0.1, 0.15) is 34.3 Å². The van der Waals surface area contributed by atoms with E-state index in [1.165, 1.54) is 12.7 Å². The summed E-state index contributed by atoms with van der Waals surface area (Å²) in [4.78, 5) is 26.3. The van der Waals surface area contributed by atoms with Gasteiger partial charge in [0.25, 0.3) is 5.91 Å². The molecule has 0 unspecified atom stereocenters. The molecular weight excluding hydrogens is 410 g/mol. The number of hydrogen-bond donors (Lipinski definition) is 0. The summed E-state index contributed by atoms with van der Waals surface area (Å²) in [7, 11) is 4.49. The van der Waals surface area contributed by atoms with Gasteiger partial charge in [0.2, 0.25) is 0 Å². The van der Waals surface area contributed by atoms with Crippen LogP contribution in [0.2, 0.25) is 0 Å². The fraction of sp³-hybridized carbons (Fsp3) is 0.440. The summed E-state index contributed by atoms with van der Waals surface area (Å²) in [6.07, 6.45) is 1.87. The van der Waals surface area contributed by atoms with Crippen LogP contribution in [0.4, 0.5) is 0 Å². The summed E-state index contributed by atoms with van der Waals surface area (Å²) in [5, 5.41) is 0. The molecule has 0 heterocycles. The number of carbonyl (C=O) groups excluding carboxylic acids is 2. The van der Waals surface area contributed by atoms with Crippen molar-refractivity contribution in [2.24, 2.45) is 0 Å². The molecule has 0 aliphatic carbocycles. The van der Waals surface area contributed by atoms with Crippen LogP contribution in [0, 0.1) is 6.92 Å². The lowest BCUT2D eigenvalue weighted by atomic mass is 10.1. The van der Waals surface area contributed by atoms with E-state index in [0.29, 0.717) is 36.8 Å². The molecule has 0 saturated carbocycles. The number of ether oxygens (including phenoxy) is 4. The highest BCUT2D eigenvalue weighted by atomic mass is 16.5. The van der Waals surface area contributed by atoms with Gasteiger partial charge in [-0.25, -0.2) is 0 Å². The van der Waals surface area contributed by atoms with Gasteiger partial charge in [-0.15, -0.1) is 0 Å². The smallest absolute Gasteiger partial charge is 0.307 e. The molecule has 0 aliphatic heterocycles. The van der Waals surface area contributed by atoms with Crippen LogP contribution in [0.15, 0.2) is 42.5 Å². The molecular formula is C25H33NO6. The highest BCUT2D eigenvalue weighted by Crippen LogP contribution is 2.30. The van der Waals surface area contributed by atoms with Gasteiger partial charge in [-0.05, 0) is 37.5 Å². The van der Waals surface area contributed by atoms with Crippen molar-refractivity contribution in [2.75, 3.05) is 47.6 Å².